The van der Waals surface area contributed by atoms with E-state index in [0.717, 1.165) is 37.6 Å². The van der Waals surface area contributed by atoms with E-state index in [1.165, 1.54) is 0 Å². The van der Waals surface area contributed by atoms with Crippen LogP contribution < -0.4 is 5.32 Å². The summed E-state index contributed by atoms with van der Waals surface area (Å²) in [7, 11) is 2.11. The lowest BCUT2D eigenvalue weighted by Crippen LogP contribution is -2.28. The Morgan fingerprint density at radius 2 is 2.12 bits per heavy atom. The summed E-state index contributed by atoms with van der Waals surface area (Å²) >= 11 is 0. The van der Waals surface area contributed by atoms with Crippen molar-refractivity contribution in [3.05, 3.63) is 17.5 Å². The molecule has 4 nitrogen and oxygen atoms in total. The van der Waals surface area contributed by atoms with Crippen molar-refractivity contribution < 1.29 is 4.52 Å². The van der Waals surface area contributed by atoms with E-state index in [0.29, 0.717) is 5.41 Å². The predicted molar refractivity (Wildman–Crippen MR) is 69.7 cm³/mol. The average molecular weight is 239 g/mol. The van der Waals surface area contributed by atoms with Gasteiger partial charge in [-0.05, 0) is 19.0 Å². The normalized spacial score (nSPS) is 12.4. The van der Waals surface area contributed by atoms with Gasteiger partial charge in [-0.2, -0.15) is 0 Å². The number of rotatable bonds is 6. The van der Waals surface area contributed by atoms with Gasteiger partial charge in [0.15, 0.2) is 5.76 Å². The van der Waals surface area contributed by atoms with Crippen LogP contribution in [0.25, 0.3) is 0 Å². The molecule has 0 unspecified atom stereocenters. The first-order valence-electron chi connectivity index (χ1n) is 6.24. The Morgan fingerprint density at radius 3 is 2.71 bits per heavy atom. The second-order valence-electron chi connectivity index (χ2n) is 5.80. The first-order chi connectivity index (χ1) is 7.90. The summed E-state index contributed by atoms with van der Waals surface area (Å²) in [5, 5.41) is 7.27. The van der Waals surface area contributed by atoms with Crippen LogP contribution in [0.15, 0.2) is 10.6 Å². The minimum Gasteiger partial charge on any atom is -0.360 e. The number of aromatic nitrogens is 1. The Kier molecular flexibility index (Phi) is 5.15. The van der Waals surface area contributed by atoms with Gasteiger partial charge in [0.2, 0.25) is 0 Å². The van der Waals surface area contributed by atoms with Crippen LogP contribution in [0.3, 0.4) is 0 Å². The van der Waals surface area contributed by atoms with Gasteiger partial charge in [-0.3, -0.25) is 4.90 Å². The average Bonchev–Trinajstić information content (AvgIpc) is 2.59. The first kappa shape index (κ1) is 14.2. The molecule has 4 heteroatoms. The minimum atomic E-state index is 0.307. The molecule has 1 aromatic heterocycles. The highest BCUT2D eigenvalue weighted by atomic mass is 16.5. The zero-order valence-corrected chi connectivity index (χ0v) is 11.7. The fourth-order valence-electron chi connectivity index (χ4n) is 1.90. The molecule has 1 aromatic rings. The Morgan fingerprint density at radius 1 is 1.41 bits per heavy atom. The van der Waals surface area contributed by atoms with Crippen molar-refractivity contribution in [3.8, 4) is 0 Å². The van der Waals surface area contributed by atoms with E-state index in [4.69, 9.17) is 4.52 Å². The molecule has 0 amide bonds. The second kappa shape index (κ2) is 6.17. The van der Waals surface area contributed by atoms with Crippen LogP contribution in [0.2, 0.25) is 0 Å². The summed E-state index contributed by atoms with van der Waals surface area (Å²) in [5.74, 6) is 0.935. The number of nitrogens with zero attached hydrogens (tertiary/aromatic N) is 2. The molecule has 1 rings (SSSR count). The number of hydrogen-bond donors (Lipinski definition) is 1. The van der Waals surface area contributed by atoms with Crippen LogP contribution in [0.4, 0.5) is 0 Å². The van der Waals surface area contributed by atoms with Gasteiger partial charge in [-0.25, -0.2) is 0 Å². The van der Waals surface area contributed by atoms with Gasteiger partial charge >= 0.3 is 0 Å². The molecule has 1 heterocycles. The standard InChI is InChI=1S/C13H25N3O/c1-6-14-8-11-7-12(17-15-11)9-16(5)10-13(2,3)4/h7,14H,6,8-10H2,1-5H3. The van der Waals surface area contributed by atoms with Crippen molar-refractivity contribution in [2.75, 3.05) is 20.1 Å². The molecular formula is C13H25N3O. The molecule has 0 aromatic carbocycles. The number of hydrogen-bond acceptors (Lipinski definition) is 4. The lowest BCUT2D eigenvalue weighted by molar-refractivity contribution is 0.200. The fraction of sp³-hybridized carbons (Fsp3) is 0.769. The Labute approximate surface area is 104 Å². The Hall–Kier alpha value is -0.870. The molecule has 17 heavy (non-hydrogen) atoms. The SMILES string of the molecule is CCNCc1cc(CN(C)CC(C)(C)C)on1. The van der Waals surface area contributed by atoms with Crippen molar-refractivity contribution in [2.45, 2.75) is 40.8 Å². The zero-order chi connectivity index (χ0) is 12.9. The molecule has 98 valence electrons. The van der Waals surface area contributed by atoms with Gasteiger partial charge in [0.05, 0.1) is 12.2 Å². The molecule has 0 saturated carbocycles. The molecule has 1 N–H and O–H groups in total. The molecule has 0 aliphatic rings. The van der Waals surface area contributed by atoms with Gasteiger partial charge in [0, 0.05) is 19.2 Å². The van der Waals surface area contributed by atoms with Gasteiger partial charge in [0.25, 0.3) is 0 Å². The third kappa shape index (κ3) is 5.84. The monoisotopic (exact) mass is 239 g/mol. The van der Waals surface area contributed by atoms with E-state index < -0.39 is 0 Å². The highest BCUT2D eigenvalue weighted by molar-refractivity contribution is 5.05. The molecule has 0 atom stereocenters. The first-order valence-corrected chi connectivity index (χ1v) is 6.24. The summed E-state index contributed by atoms with van der Waals surface area (Å²) in [6.07, 6.45) is 0. The van der Waals surface area contributed by atoms with E-state index in [1.54, 1.807) is 0 Å². The van der Waals surface area contributed by atoms with E-state index in [1.807, 2.05) is 6.07 Å². The predicted octanol–water partition coefficient (Wildman–Crippen LogP) is 2.26. The van der Waals surface area contributed by atoms with Crippen molar-refractivity contribution in [2.24, 2.45) is 5.41 Å². The van der Waals surface area contributed by atoms with Crippen molar-refractivity contribution >= 4 is 0 Å². The highest BCUT2D eigenvalue weighted by Crippen LogP contribution is 2.16. The lowest BCUT2D eigenvalue weighted by atomic mass is 9.96. The summed E-state index contributed by atoms with van der Waals surface area (Å²) < 4.78 is 5.32. The Balaban J connectivity index is 2.43. The maximum atomic E-state index is 5.32. The van der Waals surface area contributed by atoms with E-state index >= 15 is 0 Å². The maximum absolute atomic E-state index is 5.32. The highest BCUT2D eigenvalue weighted by Gasteiger charge is 2.15. The quantitative estimate of drug-likeness (QED) is 0.827. The van der Waals surface area contributed by atoms with Crippen LogP contribution in [0.5, 0.6) is 0 Å². The van der Waals surface area contributed by atoms with Crippen LogP contribution >= 0.6 is 0 Å². The van der Waals surface area contributed by atoms with Crippen LogP contribution in [-0.2, 0) is 13.1 Å². The van der Waals surface area contributed by atoms with Crippen LogP contribution in [0.1, 0.15) is 39.1 Å². The van der Waals surface area contributed by atoms with E-state index in [-0.39, 0.29) is 0 Å². The van der Waals surface area contributed by atoms with Crippen molar-refractivity contribution in [1.29, 1.82) is 0 Å². The second-order valence-corrected chi connectivity index (χ2v) is 5.80. The minimum absolute atomic E-state index is 0.307. The molecular weight excluding hydrogens is 214 g/mol. The number of nitrogens with one attached hydrogen (secondary N) is 1. The summed E-state index contributed by atoms with van der Waals surface area (Å²) in [6.45, 7) is 12.4. The topological polar surface area (TPSA) is 41.3 Å². The van der Waals surface area contributed by atoms with Crippen molar-refractivity contribution in [3.63, 3.8) is 0 Å². The van der Waals surface area contributed by atoms with E-state index in [9.17, 15) is 0 Å². The molecule has 0 bridgehead atoms. The summed E-state index contributed by atoms with van der Waals surface area (Å²) in [5.41, 5.74) is 1.28. The van der Waals surface area contributed by atoms with Gasteiger partial charge in [0.1, 0.15) is 0 Å². The molecule has 0 saturated heterocycles. The third-order valence-corrected chi connectivity index (χ3v) is 2.33. The molecule has 0 aliphatic heterocycles. The van der Waals surface area contributed by atoms with E-state index in [2.05, 4.69) is 50.1 Å². The van der Waals surface area contributed by atoms with Gasteiger partial charge < -0.3 is 9.84 Å². The van der Waals surface area contributed by atoms with Gasteiger partial charge in [-0.15, -0.1) is 0 Å². The maximum Gasteiger partial charge on any atom is 0.151 e. The summed E-state index contributed by atoms with van der Waals surface area (Å²) in [4.78, 5) is 2.26. The third-order valence-electron chi connectivity index (χ3n) is 2.33. The smallest absolute Gasteiger partial charge is 0.151 e. The molecule has 0 spiro atoms. The lowest BCUT2D eigenvalue weighted by Gasteiger charge is -2.25. The molecule has 0 aliphatic carbocycles. The van der Waals surface area contributed by atoms with Crippen LogP contribution in [-0.4, -0.2) is 30.2 Å². The fourth-order valence-corrected chi connectivity index (χ4v) is 1.90. The van der Waals surface area contributed by atoms with Crippen LogP contribution in [0, 0.1) is 5.41 Å². The summed E-state index contributed by atoms with van der Waals surface area (Å²) in [6, 6.07) is 2.03. The zero-order valence-electron chi connectivity index (χ0n) is 11.7. The Bertz CT molecular complexity index is 328. The van der Waals surface area contributed by atoms with Gasteiger partial charge in [-0.1, -0.05) is 32.9 Å². The molecule has 0 fully saturated rings. The largest absolute Gasteiger partial charge is 0.360 e. The molecule has 0 radical (unpaired) electrons. The van der Waals surface area contributed by atoms with Crippen molar-refractivity contribution in [1.82, 2.24) is 15.4 Å².